The molecule has 0 atom stereocenters. The Bertz CT molecular complexity index is 2150. The smallest absolute Gasteiger partial charge is 0.335 e. The summed E-state index contributed by atoms with van der Waals surface area (Å²) in [7, 11) is 0. The SMILES string of the molecule is O=C(O)c1ccc(-c2cc(-c3ccccc3)c3cccc(N4c5ccccc5N(c5ccccc5)c5ccccc54)c3n2)cc1. The van der Waals surface area contributed by atoms with Gasteiger partial charge in [0.2, 0.25) is 0 Å². The Balaban J connectivity index is 1.40. The molecule has 0 radical (unpaired) electrons. The second-order valence-corrected chi connectivity index (χ2v) is 11.0. The molecule has 7 aromatic rings. The lowest BCUT2D eigenvalue weighted by Gasteiger charge is -2.40. The molecule has 1 N–H and O–H groups in total. The van der Waals surface area contributed by atoms with E-state index in [0.717, 1.165) is 67.4 Å². The van der Waals surface area contributed by atoms with Crippen molar-refractivity contribution in [1.29, 1.82) is 0 Å². The maximum Gasteiger partial charge on any atom is 0.335 e. The van der Waals surface area contributed by atoms with Crippen LogP contribution < -0.4 is 9.80 Å². The van der Waals surface area contributed by atoms with Crippen molar-refractivity contribution in [3.05, 3.63) is 163 Å². The van der Waals surface area contributed by atoms with Crippen LogP contribution in [-0.2, 0) is 0 Å². The molecule has 0 bridgehead atoms. The van der Waals surface area contributed by atoms with Crippen LogP contribution in [0.15, 0.2) is 158 Å². The topological polar surface area (TPSA) is 56.7 Å². The van der Waals surface area contributed by atoms with E-state index >= 15 is 0 Å². The van der Waals surface area contributed by atoms with E-state index in [4.69, 9.17) is 4.98 Å². The van der Waals surface area contributed by atoms with Crippen molar-refractivity contribution in [2.24, 2.45) is 0 Å². The van der Waals surface area contributed by atoms with Crippen molar-refractivity contribution in [2.45, 2.75) is 0 Å². The van der Waals surface area contributed by atoms with Gasteiger partial charge in [-0.3, -0.25) is 0 Å². The summed E-state index contributed by atoms with van der Waals surface area (Å²) in [5, 5.41) is 10.5. The molecular formula is C40H27N3O2. The highest BCUT2D eigenvalue weighted by Gasteiger charge is 2.31. The second kappa shape index (κ2) is 10.8. The fraction of sp³-hybridized carbons (Fsp3) is 0. The summed E-state index contributed by atoms with van der Waals surface area (Å²) in [5.41, 5.74) is 11.2. The molecule has 8 rings (SSSR count). The molecule has 0 spiro atoms. The van der Waals surface area contributed by atoms with Gasteiger partial charge in [-0.2, -0.15) is 0 Å². The molecule has 214 valence electrons. The van der Waals surface area contributed by atoms with Crippen LogP contribution >= 0.6 is 0 Å². The van der Waals surface area contributed by atoms with Gasteiger partial charge in [-0.25, -0.2) is 9.78 Å². The molecule has 2 heterocycles. The molecule has 0 fully saturated rings. The number of pyridine rings is 1. The number of nitrogens with zero attached hydrogens (tertiary/aromatic N) is 3. The quantitative estimate of drug-likeness (QED) is 0.219. The number of aromatic carboxylic acids is 1. The lowest BCUT2D eigenvalue weighted by atomic mass is 9.96. The molecule has 5 heteroatoms. The number of benzene rings is 6. The molecule has 0 amide bonds. The zero-order valence-electron chi connectivity index (χ0n) is 24.2. The summed E-state index contributed by atoms with van der Waals surface area (Å²) in [6, 6.07) is 53.1. The third-order valence-electron chi connectivity index (χ3n) is 8.31. The largest absolute Gasteiger partial charge is 0.478 e. The zero-order chi connectivity index (χ0) is 30.3. The number of carboxylic acid groups (broad SMARTS) is 1. The third-order valence-corrected chi connectivity index (χ3v) is 8.31. The van der Waals surface area contributed by atoms with Crippen molar-refractivity contribution in [1.82, 2.24) is 4.98 Å². The first-order chi connectivity index (χ1) is 22.2. The number of fused-ring (bicyclic) bond motifs is 3. The van der Waals surface area contributed by atoms with Gasteiger partial charge in [-0.15, -0.1) is 0 Å². The minimum absolute atomic E-state index is 0.244. The van der Waals surface area contributed by atoms with Gasteiger partial charge in [0.15, 0.2) is 0 Å². The van der Waals surface area contributed by atoms with Crippen molar-refractivity contribution in [3.8, 4) is 22.4 Å². The average Bonchev–Trinajstić information content (AvgIpc) is 3.10. The van der Waals surface area contributed by atoms with Gasteiger partial charge in [0.1, 0.15) is 0 Å². The van der Waals surface area contributed by atoms with E-state index < -0.39 is 5.97 Å². The van der Waals surface area contributed by atoms with Crippen LogP contribution in [0.3, 0.4) is 0 Å². The van der Waals surface area contributed by atoms with Gasteiger partial charge in [0, 0.05) is 16.6 Å². The summed E-state index contributed by atoms with van der Waals surface area (Å²) in [4.78, 5) is 21.5. The number of para-hydroxylation sites is 6. The molecule has 0 saturated heterocycles. The maximum absolute atomic E-state index is 11.6. The Kier molecular flexibility index (Phi) is 6.35. The third kappa shape index (κ3) is 4.50. The molecule has 5 nitrogen and oxygen atoms in total. The average molecular weight is 582 g/mol. The van der Waals surface area contributed by atoms with Gasteiger partial charge in [0.05, 0.1) is 45.2 Å². The van der Waals surface area contributed by atoms with E-state index in [0.29, 0.717) is 0 Å². The summed E-state index contributed by atoms with van der Waals surface area (Å²) < 4.78 is 0. The Morgan fingerprint density at radius 2 is 1.04 bits per heavy atom. The molecule has 1 aromatic heterocycles. The number of carboxylic acids is 1. The Labute approximate surface area is 260 Å². The van der Waals surface area contributed by atoms with Crippen molar-refractivity contribution in [2.75, 3.05) is 9.80 Å². The lowest BCUT2D eigenvalue weighted by Crippen LogP contribution is -2.24. The fourth-order valence-electron chi connectivity index (χ4n) is 6.26. The van der Waals surface area contributed by atoms with E-state index in [2.05, 4.69) is 119 Å². The highest BCUT2D eigenvalue weighted by molar-refractivity contribution is 6.09. The number of hydrogen-bond donors (Lipinski definition) is 1. The highest BCUT2D eigenvalue weighted by Crippen LogP contribution is 2.55. The normalized spacial score (nSPS) is 12.1. The molecular weight excluding hydrogens is 554 g/mol. The number of rotatable bonds is 5. The first kappa shape index (κ1) is 26.4. The van der Waals surface area contributed by atoms with Gasteiger partial charge in [-0.1, -0.05) is 97.1 Å². The number of carbonyl (C=O) groups is 1. The molecule has 0 saturated carbocycles. The Morgan fingerprint density at radius 1 is 0.511 bits per heavy atom. The highest BCUT2D eigenvalue weighted by atomic mass is 16.4. The summed E-state index contributed by atoms with van der Waals surface area (Å²) >= 11 is 0. The molecule has 6 aromatic carbocycles. The molecule has 1 aliphatic heterocycles. The standard InChI is InChI=1S/C40H27N3O2/c44-40(45)29-24-22-28(23-25-29)33-26-32(27-12-3-1-4-13-27)31-16-11-21-38(39(31)41-33)43-36-19-9-7-17-34(36)42(30-14-5-2-6-15-30)35-18-8-10-20-37(35)43/h1-26H,(H,44,45). The van der Waals surface area contributed by atoms with Crippen LogP contribution in [0.25, 0.3) is 33.3 Å². The van der Waals surface area contributed by atoms with Crippen LogP contribution in [0.2, 0.25) is 0 Å². The minimum Gasteiger partial charge on any atom is -0.478 e. The summed E-state index contributed by atoms with van der Waals surface area (Å²) in [6.07, 6.45) is 0. The van der Waals surface area contributed by atoms with Gasteiger partial charge in [0.25, 0.3) is 0 Å². The second-order valence-electron chi connectivity index (χ2n) is 11.0. The van der Waals surface area contributed by atoms with Gasteiger partial charge >= 0.3 is 5.97 Å². The maximum atomic E-state index is 11.6. The molecule has 0 unspecified atom stereocenters. The van der Waals surface area contributed by atoms with E-state index in [1.807, 2.05) is 36.4 Å². The van der Waals surface area contributed by atoms with Gasteiger partial charge < -0.3 is 14.9 Å². The van der Waals surface area contributed by atoms with E-state index in [9.17, 15) is 9.90 Å². The molecule has 0 aliphatic carbocycles. The van der Waals surface area contributed by atoms with Gasteiger partial charge in [-0.05, 0) is 71.8 Å². The monoisotopic (exact) mass is 581 g/mol. The van der Waals surface area contributed by atoms with Crippen LogP contribution in [-0.4, -0.2) is 16.1 Å². The van der Waals surface area contributed by atoms with Crippen LogP contribution in [0.1, 0.15) is 10.4 Å². The lowest BCUT2D eigenvalue weighted by molar-refractivity contribution is 0.0697. The molecule has 45 heavy (non-hydrogen) atoms. The summed E-state index contributed by atoms with van der Waals surface area (Å²) in [6.45, 7) is 0. The number of aromatic nitrogens is 1. The molecule has 1 aliphatic rings. The van der Waals surface area contributed by atoms with Crippen molar-refractivity contribution < 1.29 is 9.90 Å². The summed E-state index contributed by atoms with van der Waals surface area (Å²) in [5.74, 6) is -0.952. The van der Waals surface area contributed by atoms with E-state index in [1.165, 1.54) is 0 Å². The Morgan fingerprint density at radius 3 is 1.64 bits per heavy atom. The minimum atomic E-state index is -0.952. The number of anilines is 6. The zero-order valence-corrected chi connectivity index (χ0v) is 24.2. The van der Waals surface area contributed by atoms with Crippen molar-refractivity contribution >= 4 is 51.0 Å². The fourth-order valence-corrected chi connectivity index (χ4v) is 6.26. The van der Waals surface area contributed by atoms with E-state index in [-0.39, 0.29) is 5.56 Å². The first-order valence-corrected chi connectivity index (χ1v) is 14.8. The predicted molar refractivity (Wildman–Crippen MR) is 182 cm³/mol. The first-order valence-electron chi connectivity index (χ1n) is 14.8. The number of hydrogen-bond acceptors (Lipinski definition) is 4. The van der Waals surface area contributed by atoms with Crippen LogP contribution in [0.4, 0.5) is 34.1 Å². The Hall–Kier alpha value is -6.20. The predicted octanol–water partition coefficient (Wildman–Crippen LogP) is 10.5. The van der Waals surface area contributed by atoms with Crippen LogP contribution in [0.5, 0.6) is 0 Å². The van der Waals surface area contributed by atoms with Crippen LogP contribution in [0, 0.1) is 0 Å². The van der Waals surface area contributed by atoms with Crippen molar-refractivity contribution in [3.63, 3.8) is 0 Å². The van der Waals surface area contributed by atoms with E-state index in [1.54, 1.807) is 12.1 Å².